The topological polar surface area (TPSA) is 44.0 Å². The minimum atomic E-state index is -4.76. The SMILES string of the molecule is Cc1cc(C(=O)Cn2cccc(C(F)(F)F)c2=O)c(C)n1-c1ccccc1. The van der Waals surface area contributed by atoms with Crippen LogP contribution >= 0.6 is 0 Å². The van der Waals surface area contributed by atoms with E-state index in [-0.39, 0.29) is 0 Å². The summed E-state index contributed by atoms with van der Waals surface area (Å²) in [7, 11) is 0. The molecule has 4 nitrogen and oxygen atoms in total. The van der Waals surface area contributed by atoms with E-state index in [1.54, 1.807) is 13.0 Å². The minimum Gasteiger partial charge on any atom is -0.318 e. The Hall–Kier alpha value is -3.09. The molecule has 27 heavy (non-hydrogen) atoms. The maximum Gasteiger partial charge on any atom is 0.421 e. The Bertz CT molecular complexity index is 1050. The number of nitrogens with zero attached hydrogens (tertiary/aromatic N) is 2. The van der Waals surface area contributed by atoms with Crippen molar-refractivity contribution in [1.82, 2.24) is 9.13 Å². The number of benzene rings is 1. The number of para-hydroxylation sites is 1. The number of Topliss-reactive ketones (excluding diaryl/α,β-unsaturated/α-hetero) is 1. The fourth-order valence-corrected chi connectivity index (χ4v) is 3.14. The lowest BCUT2D eigenvalue weighted by atomic mass is 10.1. The van der Waals surface area contributed by atoms with Crippen LogP contribution in [0.15, 0.2) is 59.5 Å². The van der Waals surface area contributed by atoms with Gasteiger partial charge in [-0.15, -0.1) is 0 Å². The highest BCUT2D eigenvalue weighted by molar-refractivity contribution is 5.97. The lowest BCUT2D eigenvalue weighted by Crippen LogP contribution is -2.30. The molecule has 140 valence electrons. The van der Waals surface area contributed by atoms with Crippen LogP contribution < -0.4 is 5.56 Å². The van der Waals surface area contributed by atoms with Gasteiger partial charge in [0.2, 0.25) is 0 Å². The number of rotatable bonds is 4. The molecule has 7 heteroatoms. The predicted octanol–water partition coefficient (Wildman–Crippen LogP) is 4.16. The quantitative estimate of drug-likeness (QED) is 0.644. The summed E-state index contributed by atoms with van der Waals surface area (Å²) < 4.78 is 41.4. The molecule has 2 heterocycles. The van der Waals surface area contributed by atoms with Gasteiger partial charge in [-0.2, -0.15) is 13.2 Å². The van der Waals surface area contributed by atoms with Crippen LogP contribution in [0.3, 0.4) is 0 Å². The summed E-state index contributed by atoms with van der Waals surface area (Å²) in [5, 5.41) is 0. The van der Waals surface area contributed by atoms with Crippen LogP contribution in [-0.2, 0) is 12.7 Å². The van der Waals surface area contributed by atoms with Gasteiger partial charge in [-0.1, -0.05) is 18.2 Å². The maximum atomic E-state index is 12.9. The van der Waals surface area contributed by atoms with Crippen LogP contribution in [0, 0.1) is 13.8 Å². The minimum absolute atomic E-state index is 0.376. The Labute approximate surface area is 153 Å². The number of halogens is 3. The zero-order valence-electron chi connectivity index (χ0n) is 14.7. The molecule has 3 aromatic rings. The molecule has 0 N–H and O–H groups in total. The Kier molecular flexibility index (Phi) is 4.78. The first-order valence-corrected chi connectivity index (χ1v) is 8.24. The Balaban J connectivity index is 1.96. The monoisotopic (exact) mass is 374 g/mol. The third-order valence-electron chi connectivity index (χ3n) is 4.39. The molecule has 0 aliphatic rings. The fourth-order valence-electron chi connectivity index (χ4n) is 3.14. The third kappa shape index (κ3) is 3.58. The molecular formula is C20H17F3N2O2. The van der Waals surface area contributed by atoms with Crippen LogP contribution in [-0.4, -0.2) is 14.9 Å². The Morgan fingerprint density at radius 3 is 2.33 bits per heavy atom. The van der Waals surface area contributed by atoms with Crippen molar-refractivity contribution in [3.8, 4) is 5.69 Å². The van der Waals surface area contributed by atoms with E-state index in [4.69, 9.17) is 0 Å². The molecular weight excluding hydrogens is 357 g/mol. The van der Waals surface area contributed by atoms with Gasteiger partial charge in [0.25, 0.3) is 5.56 Å². The van der Waals surface area contributed by atoms with E-state index in [1.807, 2.05) is 41.8 Å². The third-order valence-corrected chi connectivity index (χ3v) is 4.39. The van der Waals surface area contributed by atoms with Crippen molar-refractivity contribution >= 4 is 5.78 Å². The van der Waals surface area contributed by atoms with Gasteiger partial charge in [-0.3, -0.25) is 9.59 Å². The number of hydrogen-bond acceptors (Lipinski definition) is 2. The van der Waals surface area contributed by atoms with Gasteiger partial charge < -0.3 is 9.13 Å². The van der Waals surface area contributed by atoms with E-state index in [0.717, 1.165) is 22.0 Å². The molecule has 0 bridgehead atoms. The molecule has 0 saturated carbocycles. The zero-order chi connectivity index (χ0) is 19.8. The number of aryl methyl sites for hydroxylation is 1. The van der Waals surface area contributed by atoms with Crippen LogP contribution in [0.5, 0.6) is 0 Å². The summed E-state index contributed by atoms with van der Waals surface area (Å²) >= 11 is 0. The van der Waals surface area contributed by atoms with Gasteiger partial charge >= 0.3 is 6.18 Å². The van der Waals surface area contributed by atoms with Crippen LogP contribution in [0.25, 0.3) is 5.69 Å². The first-order chi connectivity index (χ1) is 12.7. The largest absolute Gasteiger partial charge is 0.421 e. The van der Waals surface area contributed by atoms with Gasteiger partial charge in [0.1, 0.15) is 5.56 Å². The summed E-state index contributed by atoms with van der Waals surface area (Å²) in [6, 6.07) is 12.9. The number of carbonyl (C=O) groups is 1. The smallest absolute Gasteiger partial charge is 0.318 e. The highest BCUT2D eigenvalue weighted by Gasteiger charge is 2.34. The van der Waals surface area contributed by atoms with E-state index < -0.39 is 29.6 Å². The molecule has 0 atom stereocenters. The number of aromatic nitrogens is 2. The standard InChI is InChI=1S/C20H17F3N2O2/c1-13-11-16(14(2)25(13)15-7-4-3-5-8-15)18(26)12-24-10-6-9-17(19(24)27)20(21,22)23/h3-11H,12H2,1-2H3. The summed E-state index contributed by atoms with van der Waals surface area (Å²) in [4.78, 5) is 24.7. The Morgan fingerprint density at radius 1 is 1.04 bits per heavy atom. The number of alkyl halides is 3. The number of hydrogen-bond donors (Lipinski definition) is 0. The summed E-state index contributed by atoms with van der Waals surface area (Å²) in [6.07, 6.45) is -3.57. The first kappa shape index (κ1) is 18.7. The van der Waals surface area contributed by atoms with E-state index in [2.05, 4.69) is 0 Å². The van der Waals surface area contributed by atoms with E-state index >= 15 is 0 Å². The lowest BCUT2D eigenvalue weighted by molar-refractivity contribution is -0.138. The highest BCUT2D eigenvalue weighted by atomic mass is 19.4. The average molecular weight is 374 g/mol. The fraction of sp³-hybridized carbons (Fsp3) is 0.200. The van der Waals surface area contributed by atoms with E-state index in [1.165, 1.54) is 6.20 Å². The van der Waals surface area contributed by atoms with Gasteiger partial charge in [0.15, 0.2) is 5.78 Å². The second-order valence-corrected chi connectivity index (χ2v) is 6.23. The molecule has 0 aliphatic carbocycles. The summed E-state index contributed by atoms with van der Waals surface area (Å²) in [5.41, 5.74) is 0.230. The second kappa shape index (κ2) is 6.90. The molecule has 0 spiro atoms. The van der Waals surface area contributed by atoms with Crippen LogP contribution in [0.1, 0.15) is 27.3 Å². The Morgan fingerprint density at radius 2 is 1.70 bits per heavy atom. The van der Waals surface area contributed by atoms with Gasteiger partial charge in [-0.25, -0.2) is 0 Å². The molecule has 2 aromatic heterocycles. The molecule has 0 unspecified atom stereocenters. The predicted molar refractivity (Wildman–Crippen MR) is 95.3 cm³/mol. The van der Waals surface area contributed by atoms with Crippen molar-refractivity contribution < 1.29 is 18.0 Å². The summed E-state index contributed by atoms with van der Waals surface area (Å²) in [6.45, 7) is 3.15. The average Bonchev–Trinajstić information content (AvgIpc) is 2.91. The molecule has 0 fully saturated rings. The van der Waals surface area contributed by atoms with Crippen molar-refractivity contribution in [2.75, 3.05) is 0 Å². The molecule has 3 rings (SSSR count). The van der Waals surface area contributed by atoms with Crippen molar-refractivity contribution in [1.29, 1.82) is 0 Å². The lowest BCUT2D eigenvalue weighted by Gasteiger charge is -2.11. The van der Waals surface area contributed by atoms with Gasteiger partial charge in [0.05, 0.1) is 6.54 Å². The second-order valence-electron chi connectivity index (χ2n) is 6.23. The van der Waals surface area contributed by atoms with Gasteiger partial charge in [0, 0.05) is 28.8 Å². The maximum absolute atomic E-state index is 12.9. The van der Waals surface area contributed by atoms with E-state index in [0.29, 0.717) is 17.3 Å². The first-order valence-electron chi connectivity index (χ1n) is 8.24. The van der Waals surface area contributed by atoms with Crippen LogP contribution in [0.4, 0.5) is 13.2 Å². The number of ketones is 1. The van der Waals surface area contributed by atoms with E-state index in [9.17, 15) is 22.8 Å². The van der Waals surface area contributed by atoms with Crippen molar-refractivity contribution in [2.24, 2.45) is 0 Å². The molecule has 0 saturated heterocycles. The van der Waals surface area contributed by atoms with Crippen molar-refractivity contribution in [3.05, 3.63) is 87.6 Å². The van der Waals surface area contributed by atoms with Gasteiger partial charge in [-0.05, 0) is 44.2 Å². The number of carbonyl (C=O) groups excluding carboxylic acids is 1. The highest BCUT2D eigenvalue weighted by Crippen LogP contribution is 2.26. The number of pyridine rings is 1. The van der Waals surface area contributed by atoms with Crippen LogP contribution in [0.2, 0.25) is 0 Å². The van der Waals surface area contributed by atoms with Crippen molar-refractivity contribution in [2.45, 2.75) is 26.6 Å². The molecule has 0 radical (unpaired) electrons. The van der Waals surface area contributed by atoms with Crippen molar-refractivity contribution in [3.63, 3.8) is 0 Å². The molecule has 1 aromatic carbocycles. The normalized spacial score (nSPS) is 11.6. The summed E-state index contributed by atoms with van der Waals surface area (Å²) in [5.74, 6) is -0.424. The zero-order valence-corrected chi connectivity index (χ0v) is 14.7. The molecule has 0 aliphatic heterocycles. The molecule has 0 amide bonds.